The molecule has 1 atom stereocenters. The van der Waals surface area contributed by atoms with E-state index in [9.17, 15) is 9.59 Å². The van der Waals surface area contributed by atoms with Crippen molar-refractivity contribution in [3.63, 3.8) is 0 Å². The first-order chi connectivity index (χ1) is 13.5. The first-order valence-corrected chi connectivity index (χ1v) is 9.81. The van der Waals surface area contributed by atoms with Crippen LogP contribution in [0.3, 0.4) is 0 Å². The van der Waals surface area contributed by atoms with Gasteiger partial charge in [0.2, 0.25) is 5.91 Å². The van der Waals surface area contributed by atoms with Gasteiger partial charge in [0.15, 0.2) is 6.10 Å². The van der Waals surface area contributed by atoms with E-state index in [4.69, 9.17) is 4.74 Å². The lowest BCUT2D eigenvalue weighted by atomic mass is 9.79. The van der Waals surface area contributed by atoms with Crippen LogP contribution in [0.1, 0.15) is 32.3 Å². The molecule has 148 valence electrons. The molecule has 1 N–H and O–H groups in total. The molecule has 1 fully saturated rings. The number of benzene rings is 2. The molecule has 1 heterocycles. The quantitative estimate of drug-likeness (QED) is 0.836. The lowest BCUT2D eigenvalue weighted by Gasteiger charge is -2.39. The summed E-state index contributed by atoms with van der Waals surface area (Å²) >= 11 is 0. The Labute approximate surface area is 166 Å². The van der Waals surface area contributed by atoms with Crippen molar-refractivity contribution in [2.75, 3.05) is 13.1 Å². The van der Waals surface area contributed by atoms with E-state index in [-0.39, 0.29) is 11.8 Å². The molecule has 0 spiro atoms. The van der Waals surface area contributed by atoms with Crippen LogP contribution in [0, 0.1) is 5.41 Å². The predicted molar refractivity (Wildman–Crippen MR) is 109 cm³/mol. The second-order valence-electron chi connectivity index (χ2n) is 7.63. The highest BCUT2D eigenvalue weighted by molar-refractivity contribution is 5.84. The molecule has 3 rings (SSSR count). The van der Waals surface area contributed by atoms with Crippen LogP contribution in [0.5, 0.6) is 5.75 Å². The van der Waals surface area contributed by atoms with Crippen molar-refractivity contribution < 1.29 is 14.3 Å². The van der Waals surface area contributed by atoms with Crippen molar-refractivity contribution in [1.29, 1.82) is 0 Å². The van der Waals surface area contributed by atoms with E-state index < -0.39 is 11.5 Å². The van der Waals surface area contributed by atoms with E-state index in [1.807, 2.05) is 67.6 Å². The van der Waals surface area contributed by atoms with E-state index >= 15 is 0 Å². The number of piperidine rings is 1. The summed E-state index contributed by atoms with van der Waals surface area (Å²) in [7, 11) is 0. The zero-order chi connectivity index (χ0) is 20.0. The second-order valence-corrected chi connectivity index (χ2v) is 7.63. The molecule has 1 saturated heterocycles. The second kappa shape index (κ2) is 8.91. The molecule has 2 aromatic carbocycles. The highest BCUT2D eigenvalue weighted by Gasteiger charge is 2.38. The summed E-state index contributed by atoms with van der Waals surface area (Å²) in [6.45, 7) is 5.42. The molecule has 2 amide bonds. The molecule has 2 aromatic rings. The Morgan fingerprint density at radius 1 is 1.04 bits per heavy atom. The van der Waals surface area contributed by atoms with Gasteiger partial charge in [0.25, 0.3) is 5.91 Å². The SMILES string of the molecule is C[C@@H](Oc1ccccc1)C(=O)N1CCC(C)(C(=O)NCc2ccccc2)CC1. The van der Waals surface area contributed by atoms with Crippen molar-refractivity contribution >= 4 is 11.8 Å². The lowest BCUT2D eigenvalue weighted by Crippen LogP contribution is -2.51. The molecule has 1 aliphatic rings. The summed E-state index contributed by atoms with van der Waals surface area (Å²) in [6, 6.07) is 19.2. The fourth-order valence-corrected chi connectivity index (χ4v) is 3.45. The molecule has 28 heavy (non-hydrogen) atoms. The molecule has 0 radical (unpaired) electrons. The minimum Gasteiger partial charge on any atom is -0.481 e. The Bertz CT molecular complexity index is 784. The van der Waals surface area contributed by atoms with Crippen LogP contribution in [0.25, 0.3) is 0 Å². The number of para-hydroxylation sites is 1. The topological polar surface area (TPSA) is 58.6 Å². The summed E-state index contributed by atoms with van der Waals surface area (Å²) in [5, 5.41) is 3.04. The van der Waals surface area contributed by atoms with Gasteiger partial charge in [0, 0.05) is 25.0 Å². The summed E-state index contributed by atoms with van der Waals surface area (Å²) in [5.41, 5.74) is 0.633. The number of likely N-dealkylation sites (tertiary alicyclic amines) is 1. The van der Waals surface area contributed by atoms with Crippen LogP contribution in [-0.4, -0.2) is 35.9 Å². The number of hydrogen-bond acceptors (Lipinski definition) is 3. The number of ether oxygens (including phenoxy) is 1. The van der Waals surface area contributed by atoms with Gasteiger partial charge >= 0.3 is 0 Å². The number of carbonyl (C=O) groups is 2. The molecule has 0 aliphatic carbocycles. The molecule has 0 bridgehead atoms. The molecule has 1 aliphatic heterocycles. The molecule has 0 saturated carbocycles. The third kappa shape index (κ3) is 4.91. The third-order valence-electron chi connectivity index (χ3n) is 5.43. The zero-order valence-corrected chi connectivity index (χ0v) is 16.6. The van der Waals surface area contributed by atoms with Gasteiger partial charge in [-0.2, -0.15) is 0 Å². The van der Waals surface area contributed by atoms with E-state index in [1.54, 1.807) is 11.8 Å². The third-order valence-corrected chi connectivity index (χ3v) is 5.43. The van der Waals surface area contributed by atoms with Crippen molar-refractivity contribution in [3.8, 4) is 5.75 Å². The Morgan fingerprint density at radius 3 is 2.21 bits per heavy atom. The van der Waals surface area contributed by atoms with Crippen LogP contribution in [0.4, 0.5) is 0 Å². The first kappa shape index (κ1) is 19.9. The van der Waals surface area contributed by atoms with Crippen molar-refractivity contribution in [2.45, 2.75) is 39.3 Å². The van der Waals surface area contributed by atoms with E-state index in [1.165, 1.54) is 0 Å². The average Bonchev–Trinajstić information content (AvgIpc) is 2.73. The molecule has 5 nitrogen and oxygen atoms in total. The van der Waals surface area contributed by atoms with Gasteiger partial charge < -0.3 is 15.0 Å². The Morgan fingerprint density at radius 2 is 1.61 bits per heavy atom. The minimum atomic E-state index is -0.543. The van der Waals surface area contributed by atoms with Crippen molar-refractivity contribution in [1.82, 2.24) is 10.2 Å². The fourth-order valence-electron chi connectivity index (χ4n) is 3.45. The predicted octanol–water partition coefficient (Wildman–Crippen LogP) is 3.40. The first-order valence-electron chi connectivity index (χ1n) is 9.81. The standard InChI is InChI=1S/C23H28N2O3/c1-18(28-20-11-7-4-8-12-20)21(26)25-15-13-23(2,14-16-25)22(27)24-17-19-9-5-3-6-10-19/h3-12,18H,13-17H2,1-2H3,(H,24,27)/t18-/m1/s1. The fraction of sp³-hybridized carbons (Fsp3) is 0.391. The molecule has 0 aromatic heterocycles. The maximum atomic E-state index is 12.7. The molecular weight excluding hydrogens is 352 g/mol. The number of amides is 2. The summed E-state index contributed by atoms with van der Waals surface area (Å²) in [5.74, 6) is 0.707. The number of rotatable bonds is 6. The van der Waals surface area contributed by atoms with E-state index in [0.29, 0.717) is 38.2 Å². The van der Waals surface area contributed by atoms with Crippen LogP contribution in [-0.2, 0) is 16.1 Å². The van der Waals surface area contributed by atoms with E-state index in [2.05, 4.69) is 5.32 Å². The lowest BCUT2D eigenvalue weighted by molar-refractivity contribution is -0.144. The summed E-state index contributed by atoms with van der Waals surface area (Å²) < 4.78 is 5.75. The van der Waals surface area contributed by atoms with Crippen LogP contribution < -0.4 is 10.1 Å². The minimum absolute atomic E-state index is 0.0319. The largest absolute Gasteiger partial charge is 0.481 e. The average molecular weight is 380 g/mol. The van der Waals surface area contributed by atoms with Gasteiger partial charge in [-0.15, -0.1) is 0 Å². The van der Waals surface area contributed by atoms with Gasteiger partial charge in [0.05, 0.1) is 0 Å². The Balaban J connectivity index is 1.49. The van der Waals surface area contributed by atoms with Crippen LogP contribution in [0.15, 0.2) is 60.7 Å². The summed E-state index contributed by atoms with van der Waals surface area (Å²) in [4.78, 5) is 27.2. The van der Waals surface area contributed by atoms with Gasteiger partial charge in [-0.25, -0.2) is 0 Å². The van der Waals surface area contributed by atoms with Gasteiger partial charge in [-0.1, -0.05) is 55.5 Å². The molecular formula is C23H28N2O3. The zero-order valence-electron chi connectivity index (χ0n) is 16.6. The Hall–Kier alpha value is -2.82. The van der Waals surface area contributed by atoms with Gasteiger partial charge in [-0.05, 0) is 37.5 Å². The number of hydrogen-bond donors (Lipinski definition) is 1. The maximum Gasteiger partial charge on any atom is 0.263 e. The Kier molecular flexibility index (Phi) is 6.34. The van der Waals surface area contributed by atoms with Gasteiger partial charge in [-0.3, -0.25) is 9.59 Å². The van der Waals surface area contributed by atoms with Crippen LogP contribution in [0.2, 0.25) is 0 Å². The smallest absolute Gasteiger partial charge is 0.263 e. The van der Waals surface area contributed by atoms with Gasteiger partial charge in [0.1, 0.15) is 5.75 Å². The summed E-state index contributed by atoms with van der Waals surface area (Å²) in [6.07, 6.45) is 0.758. The highest BCUT2D eigenvalue weighted by Crippen LogP contribution is 2.31. The monoisotopic (exact) mass is 380 g/mol. The molecule has 5 heteroatoms. The van der Waals surface area contributed by atoms with Crippen LogP contribution >= 0.6 is 0 Å². The van der Waals surface area contributed by atoms with E-state index in [0.717, 1.165) is 5.56 Å². The highest BCUT2D eigenvalue weighted by atomic mass is 16.5. The number of nitrogens with zero attached hydrogens (tertiary/aromatic N) is 1. The normalized spacial score (nSPS) is 16.9. The number of nitrogens with one attached hydrogen (secondary N) is 1. The number of carbonyl (C=O) groups excluding carboxylic acids is 2. The maximum absolute atomic E-state index is 12.7. The molecule has 0 unspecified atom stereocenters. The van der Waals surface area contributed by atoms with Crippen molar-refractivity contribution in [2.24, 2.45) is 5.41 Å². The van der Waals surface area contributed by atoms with Crippen molar-refractivity contribution in [3.05, 3.63) is 66.2 Å².